The van der Waals surface area contributed by atoms with Crippen LogP contribution in [0.1, 0.15) is 43.0 Å². The van der Waals surface area contributed by atoms with Crippen molar-refractivity contribution in [1.82, 2.24) is 4.98 Å². The molecule has 1 aliphatic heterocycles. The summed E-state index contributed by atoms with van der Waals surface area (Å²) in [4.78, 5) is 27.5. The van der Waals surface area contributed by atoms with E-state index in [-0.39, 0.29) is 17.3 Å². The molecule has 1 saturated heterocycles. The summed E-state index contributed by atoms with van der Waals surface area (Å²) in [7, 11) is 0. The summed E-state index contributed by atoms with van der Waals surface area (Å²) < 4.78 is 0. The Kier molecular flexibility index (Phi) is 4.16. The third kappa shape index (κ3) is 2.71. The highest BCUT2D eigenvalue weighted by Gasteiger charge is 2.27. The van der Waals surface area contributed by atoms with Crippen molar-refractivity contribution in [1.29, 1.82) is 0 Å². The van der Waals surface area contributed by atoms with Crippen molar-refractivity contribution in [3.63, 3.8) is 0 Å². The molecule has 0 bridgehead atoms. The zero-order valence-corrected chi connectivity index (χ0v) is 11.3. The molecule has 1 N–H and O–H groups in total. The van der Waals surface area contributed by atoms with Crippen LogP contribution in [0.2, 0.25) is 0 Å². The van der Waals surface area contributed by atoms with Gasteiger partial charge in [-0.2, -0.15) is 0 Å². The predicted octanol–water partition coefficient (Wildman–Crippen LogP) is 2.46. The largest absolute Gasteiger partial charge is 0.478 e. The van der Waals surface area contributed by atoms with Crippen LogP contribution in [0.3, 0.4) is 0 Å². The molecule has 108 valence electrons. The highest BCUT2D eigenvalue weighted by Crippen LogP contribution is 2.29. The van der Waals surface area contributed by atoms with Gasteiger partial charge in [0.2, 0.25) is 0 Å². The van der Waals surface area contributed by atoms with E-state index in [0.29, 0.717) is 5.82 Å². The Morgan fingerprint density at radius 2 is 2.35 bits per heavy atom. The third-order valence-electron chi connectivity index (χ3n) is 3.66. The maximum absolute atomic E-state index is 11.3. The molecule has 20 heavy (non-hydrogen) atoms. The first kappa shape index (κ1) is 14.2. The molecule has 1 unspecified atom stereocenters. The van der Waals surface area contributed by atoms with Crippen LogP contribution in [0.5, 0.6) is 0 Å². The lowest BCUT2D eigenvalue weighted by Gasteiger charge is -2.36. The zero-order valence-electron chi connectivity index (χ0n) is 11.3. The van der Waals surface area contributed by atoms with E-state index < -0.39 is 10.9 Å². The van der Waals surface area contributed by atoms with Gasteiger partial charge in [-0.15, -0.1) is 0 Å². The van der Waals surface area contributed by atoms with Gasteiger partial charge in [-0.25, -0.2) is 9.78 Å². The summed E-state index contributed by atoms with van der Waals surface area (Å²) in [6.45, 7) is 2.79. The second-order valence-electron chi connectivity index (χ2n) is 4.88. The summed E-state index contributed by atoms with van der Waals surface area (Å²) in [5.74, 6) is -0.841. The van der Waals surface area contributed by atoms with Gasteiger partial charge < -0.3 is 10.0 Å². The van der Waals surface area contributed by atoms with Gasteiger partial charge in [0.15, 0.2) is 0 Å². The second-order valence-corrected chi connectivity index (χ2v) is 4.88. The first-order chi connectivity index (χ1) is 9.54. The molecule has 2 heterocycles. The average Bonchev–Trinajstić information content (AvgIpc) is 2.46. The Balaban J connectivity index is 2.44. The SMILES string of the molecule is CCC1CCCCN1c1ncc([N+](=O)[O-])cc1C(=O)O. The van der Waals surface area contributed by atoms with Crippen LogP contribution in [-0.4, -0.2) is 33.6 Å². The molecule has 2 rings (SSSR count). The minimum atomic E-state index is -1.18. The number of carboxylic acid groups (broad SMARTS) is 1. The molecule has 1 aromatic rings. The number of piperidine rings is 1. The molecule has 0 spiro atoms. The Bertz CT molecular complexity index is 532. The second kappa shape index (κ2) is 5.85. The number of rotatable bonds is 4. The van der Waals surface area contributed by atoms with Crippen molar-refractivity contribution in [2.75, 3.05) is 11.4 Å². The Labute approximate surface area is 116 Å². The molecule has 7 heteroatoms. The number of nitrogens with zero attached hydrogens (tertiary/aromatic N) is 3. The first-order valence-electron chi connectivity index (χ1n) is 6.69. The minimum absolute atomic E-state index is 0.0976. The molecule has 1 aromatic heterocycles. The van der Waals surface area contributed by atoms with Gasteiger partial charge in [-0.1, -0.05) is 6.92 Å². The van der Waals surface area contributed by atoms with Gasteiger partial charge in [0, 0.05) is 18.7 Å². The molecule has 0 radical (unpaired) electrons. The molecule has 0 saturated carbocycles. The number of carbonyl (C=O) groups is 1. The van der Waals surface area contributed by atoms with E-state index >= 15 is 0 Å². The molecule has 0 aliphatic carbocycles. The van der Waals surface area contributed by atoms with Crippen molar-refractivity contribution < 1.29 is 14.8 Å². The van der Waals surface area contributed by atoms with E-state index in [2.05, 4.69) is 11.9 Å². The fourth-order valence-electron chi connectivity index (χ4n) is 2.64. The van der Waals surface area contributed by atoms with E-state index in [1.807, 2.05) is 4.90 Å². The maximum Gasteiger partial charge on any atom is 0.339 e. The Morgan fingerprint density at radius 3 is 2.95 bits per heavy atom. The molecular weight excluding hydrogens is 262 g/mol. The number of anilines is 1. The highest BCUT2D eigenvalue weighted by molar-refractivity contribution is 5.94. The van der Waals surface area contributed by atoms with Crippen molar-refractivity contribution in [3.8, 4) is 0 Å². The smallest absolute Gasteiger partial charge is 0.339 e. The number of pyridine rings is 1. The van der Waals surface area contributed by atoms with Crippen LogP contribution in [-0.2, 0) is 0 Å². The van der Waals surface area contributed by atoms with E-state index in [1.165, 1.54) is 0 Å². The number of nitro groups is 1. The molecule has 0 aromatic carbocycles. The van der Waals surface area contributed by atoms with E-state index in [9.17, 15) is 20.0 Å². The van der Waals surface area contributed by atoms with Gasteiger partial charge >= 0.3 is 5.97 Å². The van der Waals surface area contributed by atoms with Gasteiger partial charge in [-0.3, -0.25) is 10.1 Å². The van der Waals surface area contributed by atoms with E-state index in [0.717, 1.165) is 44.5 Å². The summed E-state index contributed by atoms with van der Waals surface area (Å²) in [6, 6.07) is 1.34. The average molecular weight is 279 g/mol. The maximum atomic E-state index is 11.3. The van der Waals surface area contributed by atoms with Gasteiger partial charge in [0.05, 0.1) is 4.92 Å². The number of aromatic nitrogens is 1. The zero-order chi connectivity index (χ0) is 14.7. The minimum Gasteiger partial charge on any atom is -0.478 e. The summed E-state index contributed by atoms with van der Waals surface area (Å²) >= 11 is 0. The third-order valence-corrected chi connectivity index (χ3v) is 3.66. The Hall–Kier alpha value is -2.18. The standard InChI is InChI=1S/C13H17N3O4/c1-2-9-5-3-4-6-15(9)12-11(13(17)18)7-10(8-14-12)16(19)20/h7-9H,2-6H2,1H3,(H,17,18). The van der Waals surface area contributed by atoms with Crippen LogP contribution < -0.4 is 4.90 Å². The quantitative estimate of drug-likeness (QED) is 0.671. The molecular formula is C13H17N3O4. The van der Waals surface area contributed by atoms with Crippen molar-refractivity contribution in [2.45, 2.75) is 38.6 Å². The van der Waals surface area contributed by atoms with Crippen LogP contribution in [0.4, 0.5) is 11.5 Å². The van der Waals surface area contributed by atoms with Gasteiger partial charge in [-0.05, 0) is 25.7 Å². The van der Waals surface area contributed by atoms with Crippen LogP contribution >= 0.6 is 0 Å². The van der Waals surface area contributed by atoms with Gasteiger partial charge in [0.25, 0.3) is 5.69 Å². The van der Waals surface area contributed by atoms with Crippen molar-refractivity contribution in [2.24, 2.45) is 0 Å². The number of hydrogen-bond acceptors (Lipinski definition) is 5. The van der Waals surface area contributed by atoms with Crippen LogP contribution in [0.25, 0.3) is 0 Å². The number of carboxylic acids is 1. The monoisotopic (exact) mass is 279 g/mol. The van der Waals surface area contributed by atoms with Crippen molar-refractivity contribution >= 4 is 17.5 Å². The fraction of sp³-hybridized carbons (Fsp3) is 0.538. The molecule has 1 atom stereocenters. The lowest BCUT2D eigenvalue weighted by atomic mass is 9.99. The van der Waals surface area contributed by atoms with Gasteiger partial charge in [0.1, 0.15) is 17.6 Å². The number of hydrogen-bond donors (Lipinski definition) is 1. The lowest BCUT2D eigenvalue weighted by molar-refractivity contribution is -0.385. The molecule has 7 nitrogen and oxygen atoms in total. The summed E-state index contributed by atoms with van der Waals surface area (Å²) in [5, 5.41) is 20.0. The number of aromatic carboxylic acids is 1. The predicted molar refractivity (Wildman–Crippen MR) is 73.1 cm³/mol. The van der Waals surface area contributed by atoms with E-state index in [4.69, 9.17) is 0 Å². The topological polar surface area (TPSA) is 96.6 Å². The molecule has 0 amide bonds. The molecule has 1 fully saturated rings. The lowest BCUT2D eigenvalue weighted by Crippen LogP contribution is -2.40. The highest BCUT2D eigenvalue weighted by atomic mass is 16.6. The van der Waals surface area contributed by atoms with Crippen LogP contribution in [0, 0.1) is 10.1 Å². The molecule has 1 aliphatic rings. The Morgan fingerprint density at radius 1 is 1.60 bits per heavy atom. The summed E-state index contributed by atoms with van der Waals surface area (Å²) in [6.07, 6.45) is 5.12. The summed E-state index contributed by atoms with van der Waals surface area (Å²) in [5.41, 5.74) is -0.393. The normalized spacial score (nSPS) is 18.9. The van der Waals surface area contributed by atoms with E-state index in [1.54, 1.807) is 0 Å². The fourth-order valence-corrected chi connectivity index (χ4v) is 2.64. The first-order valence-corrected chi connectivity index (χ1v) is 6.69. The van der Waals surface area contributed by atoms with Crippen molar-refractivity contribution in [3.05, 3.63) is 27.9 Å². The van der Waals surface area contributed by atoms with Crippen LogP contribution in [0.15, 0.2) is 12.3 Å².